The number of ether oxygens (including phenoxy) is 2. The normalized spacial score (nSPS) is 16.3. The third-order valence-corrected chi connectivity index (χ3v) is 7.45. The number of hydrogen-bond donors (Lipinski definition) is 1. The lowest BCUT2D eigenvalue weighted by Gasteiger charge is -2.27. The number of hydrogen-bond acceptors (Lipinski definition) is 7. The molecule has 1 saturated heterocycles. The zero-order chi connectivity index (χ0) is 29.1. The summed E-state index contributed by atoms with van der Waals surface area (Å²) < 4.78 is 10.8. The number of methoxy groups -OCH3 is 2. The fourth-order valence-corrected chi connectivity index (χ4v) is 5.20. The summed E-state index contributed by atoms with van der Waals surface area (Å²) in [5.74, 6) is -1.40. The van der Waals surface area contributed by atoms with Gasteiger partial charge in [0.05, 0.1) is 36.4 Å². The molecule has 8 nitrogen and oxygen atoms in total. The van der Waals surface area contributed by atoms with Crippen molar-refractivity contribution in [2.75, 3.05) is 56.1 Å². The van der Waals surface area contributed by atoms with E-state index in [1.54, 1.807) is 0 Å². The smallest absolute Gasteiger partial charge is 0.300 e. The number of anilines is 3. The highest BCUT2D eigenvalue weighted by atomic mass is 35.5. The molecule has 0 saturated carbocycles. The molecule has 1 fully saturated rings. The van der Waals surface area contributed by atoms with E-state index in [1.807, 2.05) is 67.5 Å². The first-order valence-corrected chi connectivity index (χ1v) is 13.4. The first-order valence-electron chi connectivity index (χ1n) is 13.0. The molecule has 3 aromatic rings. The summed E-state index contributed by atoms with van der Waals surface area (Å²) in [5, 5.41) is 11.9. The van der Waals surface area contributed by atoms with E-state index in [4.69, 9.17) is 21.1 Å². The first kappa shape index (κ1) is 28.8. The number of Topliss-reactive ketones (excluding diaryl/α,β-unsaturated/α-hetero) is 1. The number of aliphatic hydroxyl groups is 1. The summed E-state index contributed by atoms with van der Waals surface area (Å²) in [7, 11) is 6.74. The third-order valence-electron chi connectivity index (χ3n) is 7.16. The minimum Gasteiger partial charge on any atom is -0.507 e. The largest absolute Gasteiger partial charge is 0.507 e. The summed E-state index contributed by atoms with van der Waals surface area (Å²) in [6.45, 7) is 5.83. The van der Waals surface area contributed by atoms with Crippen molar-refractivity contribution in [3.63, 3.8) is 0 Å². The maximum absolute atomic E-state index is 13.6. The molecule has 0 aliphatic carbocycles. The van der Waals surface area contributed by atoms with Crippen molar-refractivity contribution >= 4 is 46.1 Å². The molecule has 3 aromatic carbocycles. The van der Waals surface area contributed by atoms with Crippen molar-refractivity contribution in [1.29, 1.82) is 0 Å². The molecule has 4 rings (SSSR count). The Balaban J connectivity index is 1.93. The van der Waals surface area contributed by atoms with Gasteiger partial charge in [0.25, 0.3) is 11.7 Å². The second-order valence-corrected chi connectivity index (χ2v) is 9.94. The molecule has 1 aliphatic heterocycles. The SMILES string of the molecule is CCN(CC)c1ccc(N2C(=O)C(=O)/C(=C(/O)c3cc(OC)c(Cl)cc3OC)C2c2ccc(N(C)C)cc2)cc1. The Morgan fingerprint density at radius 2 is 1.48 bits per heavy atom. The van der Waals surface area contributed by atoms with Crippen LogP contribution < -0.4 is 24.2 Å². The van der Waals surface area contributed by atoms with E-state index >= 15 is 0 Å². The number of nitrogens with zero attached hydrogens (tertiary/aromatic N) is 3. The third kappa shape index (κ3) is 5.19. The van der Waals surface area contributed by atoms with Gasteiger partial charge in [-0.05, 0) is 61.9 Å². The quantitative estimate of drug-likeness (QED) is 0.197. The van der Waals surface area contributed by atoms with Gasteiger partial charge in [0.1, 0.15) is 17.3 Å². The predicted octanol–water partition coefficient (Wildman–Crippen LogP) is 5.90. The fraction of sp³-hybridized carbons (Fsp3) is 0.290. The van der Waals surface area contributed by atoms with Crippen LogP contribution in [0.3, 0.4) is 0 Å². The highest BCUT2D eigenvalue weighted by Gasteiger charge is 2.47. The Hall–Kier alpha value is -4.17. The number of aliphatic hydroxyl groups excluding tert-OH is 1. The van der Waals surface area contributed by atoms with Gasteiger partial charge in [-0.2, -0.15) is 0 Å². The number of benzene rings is 3. The summed E-state index contributed by atoms with van der Waals surface area (Å²) in [6, 6.07) is 17.1. The number of halogens is 1. The number of carbonyl (C=O) groups is 2. The molecule has 1 aliphatic rings. The van der Waals surface area contributed by atoms with Crippen LogP contribution in [-0.2, 0) is 9.59 Å². The molecular weight excluding hydrogens is 530 g/mol. The standard InChI is InChI=1S/C31H34ClN3O5/c1-7-34(8-2)21-13-15-22(16-14-21)35-28(19-9-11-20(12-10-19)33(3)4)27(30(37)31(35)38)29(36)23-17-26(40-6)24(32)18-25(23)39-5/h9-18,28,36H,7-8H2,1-6H3/b29-27+. The minimum absolute atomic E-state index is 0.0573. The molecular formula is C31H34ClN3O5. The average molecular weight is 564 g/mol. The van der Waals surface area contributed by atoms with Crippen molar-refractivity contribution in [3.05, 3.63) is 82.4 Å². The van der Waals surface area contributed by atoms with Gasteiger partial charge in [0, 0.05) is 50.3 Å². The lowest BCUT2D eigenvalue weighted by molar-refractivity contribution is -0.132. The zero-order valence-electron chi connectivity index (χ0n) is 23.6. The second-order valence-electron chi connectivity index (χ2n) is 9.53. The van der Waals surface area contributed by atoms with E-state index in [-0.39, 0.29) is 33.4 Å². The lowest BCUT2D eigenvalue weighted by atomic mass is 9.94. The Morgan fingerprint density at radius 3 is 2.00 bits per heavy atom. The van der Waals surface area contributed by atoms with Crippen LogP contribution in [0.25, 0.3) is 5.76 Å². The summed E-state index contributed by atoms with van der Waals surface area (Å²) in [5.41, 5.74) is 3.30. The minimum atomic E-state index is -0.887. The molecule has 0 spiro atoms. The van der Waals surface area contributed by atoms with Gasteiger partial charge in [-0.1, -0.05) is 23.7 Å². The first-order chi connectivity index (χ1) is 19.2. The summed E-state index contributed by atoms with van der Waals surface area (Å²) in [4.78, 5) is 32.8. The van der Waals surface area contributed by atoms with Gasteiger partial charge in [-0.25, -0.2) is 0 Å². The van der Waals surface area contributed by atoms with Gasteiger partial charge < -0.3 is 24.4 Å². The number of carbonyl (C=O) groups excluding carboxylic acids is 2. The molecule has 1 unspecified atom stereocenters. The molecule has 0 aromatic heterocycles. The van der Waals surface area contributed by atoms with Crippen molar-refractivity contribution in [2.45, 2.75) is 19.9 Å². The number of rotatable bonds is 9. The Morgan fingerprint density at radius 1 is 0.900 bits per heavy atom. The van der Waals surface area contributed by atoms with E-state index in [0.29, 0.717) is 11.3 Å². The van der Waals surface area contributed by atoms with Crippen molar-refractivity contribution < 1.29 is 24.2 Å². The molecule has 210 valence electrons. The predicted molar refractivity (Wildman–Crippen MR) is 160 cm³/mol. The van der Waals surface area contributed by atoms with Crippen LogP contribution >= 0.6 is 11.6 Å². The van der Waals surface area contributed by atoms with E-state index in [2.05, 4.69) is 18.7 Å². The zero-order valence-corrected chi connectivity index (χ0v) is 24.3. The van der Waals surface area contributed by atoms with Crippen molar-refractivity contribution in [2.24, 2.45) is 0 Å². The number of amides is 1. The van der Waals surface area contributed by atoms with Crippen LogP contribution in [0.4, 0.5) is 17.1 Å². The molecule has 1 amide bonds. The lowest BCUT2D eigenvalue weighted by Crippen LogP contribution is -2.29. The van der Waals surface area contributed by atoms with E-state index in [9.17, 15) is 14.7 Å². The molecule has 0 radical (unpaired) electrons. The van der Waals surface area contributed by atoms with Crippen LogP contribution in [0.2, 0.25) is 5.02 Å². The van der Waals surface area contributed by atoms with Gasteiger partial charge >= 0.3 is 0 Å². The monoisotopic (exact) mass is 563 g/mol. The van der Waals surface area contributed by atoms with Crippen LogP contribution in [0.1, 0.15) is 31.0 Å². The Kier molecular flexibility index (Phi) is 8.59. The maximum atomic E-state index is 13.6. The second kappa shape index (κ2) is 11.9. The summed E-state index contributed by atoms with van der Waals surface area (Å²) in [6.07, 6.45) is 0. The van der Waals surface area contributed by atoms with Crippen LogP contribution in [0, 0.1) is 0 Å². The van der Waals surface area contributed by atoms with Gasteiger partial charge in [-0.3, -0.25) is 14.5 Å². The Labute approximate surface area is 240 Å². The topological polar surface area (TPSA) is 82.6 Å². The molecule has 0 bridgehead atoms. The van der Waals surface area contributed by atoms with E-state index < -0.39 is 17.7 Å². The van der Waals surface area contributed by atoms with Crippen molar-refractivity contribution in [3.8, 4) is 11.5 Å². The Bertz CT molecular complexity index is 1430. The van der Waals surface area contributed by atoms with Crippen LogP contribution in [-0.4, -0.2) is 58.2 Å². The van der Waals surface area contributed by atoms with Gasteiger partial charge in [0.2, 0.25) is 0 Å². The maximum Gasteiger partial charge on any atom is 0.300 e. The summed E-state index contributed by atoms with van der Waals surface area (Å²) >= 11 is 6.28. The van der Waals surface area contributed by atoms with Crippen LogP contribution in [0.15, 0.2) is 66.2 Å². The average Bonchev–Trinajstić information content (AvgIpc) is 3.23. The van der Waals surface area contributed by atoms with E-state index in [0.717, 1.165) is 24.5 Å². The molecule has 40 heavy (non-hydrogen) atoms. The fourth-order valence-electron chi connectivity index (χ4n) is 4.97. The molecule has 1 N–H and O–H groups in total. The van der Waals surface area contributed by atoms with E-state index in [1.165, 1.54) is 31.3 Å². The molecule has 9 heteroatoms. The molecule has 1 atom stereocenters. The van der Waals surface area contributed by atoms with Crippen molar-refractivity contribution in [1.82, 2.24) is 0 Å². The molecule has 1 heterocycles. The van der Waals surface area contributed by atoms with Gasteiger partial charge in [-0.15, -0.1) is 0 Å². The highest BCUT2D eigenvalue weighted by Crippen LogP contribution is 2.45. The number of ketones is 1. The van der Waals surface area contributed by atoms with Gasteiger partial charge in [0.15, 0.2) is 0 Å². The highest BCUT2D eigenvalue weighted by molar-refractivity contribution is 6.51. The van der Waals surface area contributed by atoms with Crippen LogP contribution in [0.5, 0.6) is 11.5 Å².